The van der Waals surface area contributed by atoms with E-state index < -0.39 is 42.4 Å². The van der Waals surface area contributed by atoms with Crippen molar-refractivity contribution >= 4 is 17.2 Å². The number of rotatable bonds is 8. The molecular weight excluding hydrogens is 460 g/mol. The first-order valence-electron chi connectivity index (χ1n) is 14.0. The lowest BCUT2D eigenvalue weighted by Gasteiger charge is -2.12. The average Bonchev–Trinajstić information content (AvgIpc) is 3.62. The lowest BCUT2D eigenvalue weighted by atomic mass is 9.98. The van der Waals surface area contributed by atoms with Gasteiger partial charge in [0.15, 0.2) is 5.75 Å². The van der Waals surface area contributed by atoms with Crippen molar-refractivity contribution in [2.45, 2.75) is 20.3 Å². The molecule has 0 spiro atoms. The Bertz CT molecular complexity index is 1770. The van der Waals surface area contributed by atoms with Gasteiger partial charge in [0.2, 0.25) is 5.82 Å². The van der Waals surface area contributed by atoms with Crippen LogP contribution in [0, 0.1) is 0 Å². The second-order valence-electron chi connectivity index (χ2n) is 7.21. The number of tetrazole rings is 1. The van der Waals surface area contributed by atoms with Crippen molar-refractivity contribution in [1.82, 2.24) is 30.2 Å². The fraction of sp³-hybridized carbons (Fsp3) is 0.192. The number of benzene rings is 3. The van der Waals surface area contributed by atoms with Crippen LogP contribution in [0.2, 0.25) is 0 Å². The molecule has 0 bridgehead atoms. The first-order chi connectivity index (χ1) is 20.1. The van der Waals surface area contributed by atoms with E-state index in [2.05, 4.69) is 25.6 Å². The second-order valence-corrected chi connectivity index (χ2v) is 7.21. The molecular formula is C26H24N6O4. The van der Waals surface area contributed by atoms with Crippen LogP contribution in [-0.4, -0.2) is 49.5 Å². The number of nitrogens with one attached hydrogen (secondary N) is 1. The van der Waals surface area contributed by atoms with Crippen LogP contribution < -0.4 is 9.47 Å². The summed E-state index contributed by atoms with van der Waals surface area (Å²) in [6, 6.07) is 8.66. The minimum absolute atomic E-state index is 0.0117. The Kier molecular flexibility index (Phi) is 4.80. The summed E-state index contributed by atoms with van der Waals surface area (Å²) in [4.78, 5) is 16.5. The van der Waals surface area contributed by atoms with E-state index in [4.69, 9.17) is 19.7 Å². The number of para-hydroxylation sites is 1. The van der Waals surface area contributed by atoms with Gasteiger partial charge in [-0.1, -0.05) is 54.5 Å². The number of hydrogen-bond donors (Lipinski definition) is 1. The molecule has 0 aliphatic rings. The molecule has 5 aromatic rings. The summed E-state index contributed by atoms with van der Waals surface area (Å²) in [5, 5.41) is 13.9. The third kappa shape index (κ3) is 4.61. The summed E-state index contributed by atoms with van der Waals surface area (Å²) in [6.45, 7) is 0.628. The number of ether oxygens (including phenoxy) is 3. The normalized spacial score (nSPS) is 13.7. The number of H-pyrrole nitrogens is 1. The maximum absolute atomic E-state index is 12.2. The van der Waals surface area contributed by atoms with Crippen molar-refractivity contribution in [2.75, 3.05) is 13.2 Å². The molecule has 0 atom stereocenters. The predicted octanol–water partition coefficient (Wildman–Crippen LogP) is 4.87. The highest BCUT2D eigenvalue weighted by molar-refractivity contribution is 5.85. The van der Waals surface area contributed by atoms with Gasteiger partial charge < -0.3 is 14.2 Å². The van der Waals surface area contributed by atoms with Gasteiger partial charge in [0.25, 0.3) is 6.01 Å². The third-order valence-corrected chi connectivity index (χ3v) is 4.97. The van der Waals surface area contributed by atoms with Crippen LogP contribution in [0.25, 0.3) is 33.5 Å². The molecule has 10 nitrogen and oxygen atoms in total. The van der Waals surface area contributed by atoms with Gasteiger partial charge in [-0.25, -0.2) is 4.79 Å². The van der Waals surface area contributed by atoms with Crippen LogP contribution in [0.4, 0.5) is 4.79 Å². The summed E-state index contributed by atoms with van der Waals surface area (Å²) in [6.07, 6.45) is -1.02. The molecule has 0 radical (unpaired) electrons. The number of fused-ring (bicyclic) bond motifs is 1. The molecule has 0 saturated carbocycles. The lowest BCUT2D eigenvalue weighted by molar-refractivity contribution is 0.104. The molecule has 36 heavy (non-hydrogen) atoms. The zero-order valence-electron chi connectivity index (χ0n) is 25.3. The predicted molar refractivity (Wildman–Crippen MR) is 133 cm³/mol. The van der Waals surface area contributed by atoms with Crippen molar-refractivity contribution in [3.05, 3.63) is 72.2 Å². The smallest absolute Gasteiger partial charge is 0.465 e. The third-order valence-electron chi connectivity index (χ3n) is 4.97. The van der Waals surface area contributed by atoms with Gasteiger partial charge in [-0.15, -0.1) is 10.2 Å². The van der Waals surface area contributed by atoms with Crippen molar-refractivity contribution in [3.8, 4) is 34.3 Å². The highest BCUT2D eigenvalue weighted by atomic mass is 16.7. The molecule has 1 N–H and O–H groups in total. The Balaban J connectivity index is 1.76. The molecule has 182 valence electrons. The Hall–Kier alpha value is -4.73. The monoisotopic (exact) mass is 490 g/mol. The minimum atomic E-state index is -2.78. The molecule has 10 heteroatoms. The van der Waals surface area contributed by atoms with Crippen LogP contribution in [0.15, 0.2) is 66.6 Å². The molecule has 5 rings (SSSR count). The molecule has 2 heterocycles. The molecule has 0 aliphatic heterocycles. The Morgan fingerprint density at radius 3 is 2.58 bits per heavy atom. The van der Waals surface area contributed by atoms with Gasteiger partial charge in [-0.05, 0) is 47.9 Å². The Labute approximate surface area is 215 Å². The number of carbonyl (C=O) groups is 1. The van der Waals surface area contributed by atoms with E-state index in [1.54, 1.807) is 50.2 Å². The van der Waals surface area contributed by atoms with Gasteiger partial charge in [0.1, 0.15) is 5.52 Å². The van der Waals surface area contributed by atoms with Crippen molar-refractivity contribution in [2.24, 2.45) is 0 Å². The second kappa shape index (κ2) is 10.3. The van der Waals surface area contributed by atoms with Gasteiger partial charge in [-0.2, -0.15) is 10.2 Å². The van der Waals surface area contributed by atoms with E-state index in [1.807, 2.05) is 0 Å². The first kappa shape index (κ1) is 16.8. The number of aromatic amines is 1. The van der Waals surface area contributed by atoms with Crippen molar-refractivity contribution in [1.29, 1.82) is 0 Å². The zero-order chi connectivity index (χ0) is 30.2. The molecule has 0 amide bonds. The van der Waals surface area contributed by atoms with Crippen LogP contribution in [0.3, 0.4) is 0 Å². The van der Waals surface area contributed by atoms with E-state index in [0.717, 1.165) is 4.57 Å². The van der Waals surface area contributed by atoms with E-state index >= 15 is 0 Å². The van der Waals surface area contributed by atoms with Crippen LogP contribution in [0.5, 0.6) is 11.8 Å². The van der Waals surface area contributed by atoms with Gasteiger partial charge in [0, 0.05) is 5.56 Å². The molecule has 3 aromatic carbocycles. The topological polar surface area (TPSA) is 117 Å². The SMILES string of the molecule is [2H]c1c([2H])c(C([2H])([2H])n2c(OCC)nc3cccc(OC(=O)OCC)c32)c([2H])c([2H])c1-c1ccccc1-c1nn[nH]n1. The molecule has 0 saturated heterocycles. The van der Waals surface area contributed by atoms with Crippen molar-refractivity contribution < 1.29 is 27.2 Å². The van der Waals surface area contributed by atoms with Crippen molar-refractivity contribution in [3.63, 3.8) is 0 Å². The number of hydrogen-bond acceptors (Lipinski definition) is 8. The van der Waals surface area contributed by atoms with Gasteiger partial charge in [0.05, 0.1) is 33.5 Å². The molecule has 0 unspecified atom stereocenters. The number of imidazole rings is 1. The zero-order valence-corrected chi connectivity index (χ0v) is 19.3. The first-order valence-corrected chi connectivity index (χ1v) is 11.0. The maximum atomic E-state index is 12.2. The van der Waals surface area contributed by atoms with E-state index in [0.29, 0.717) is 11.1 Å². The Morgan fingerprint density at radius 1 is 1.06 bits per heavy atom. The van der Waals surface area contributed by atoms with Gasteiger partial charge >= 0.3 is 6.16 Å². The van der Waals surface area contributed by atoms with Gasteiger partial charge in [-0.3, -0.25) is 4.57 Å². The van der Waals surface area contributed by atoms with E-state index in [-0.39, 0.29) is 47.4 Å². The average molecular weight is 491 g/mol. The lowest BCUT2D eigenvalue weighted by Crippen LogP contribution is -2.11. The summed E-state index contributed by atoms with van der Waals surface area (Å²) in [7, 11) is 0. The highest BCUT2D eigenvalue weighted by Crippen LogP contribution is 2.33. The minimum Gasteiger partial charge on any atom is -0.465 e. The highest BCUT2D eigenvalue weighted by Gasteiger charge is 2.19. The summed E-state index contributed by atoms with van der Waals surface area (Å²) in [5.74, 6) is 0.0800. The number of nitrogens with zero attached hydrogens (tertiary/aromatic N) is 5. The quantitative estimate of drug-likeness (QED) is 0.242. The van der Waals surface area contributed by atoms with Crippen LogP contribution in [0.1, 0.15) is 27.6 Å². The Morgan fingerprint density at radius 2 is 1.86 bits per heavy atom. The molecule has 0 fully saturated rings. The van der Waals surface area contributed by atoms with Crippen LogP contribution >= 0.6 is 0 Å². The fourth-order valence-corrected chi connectivity index (χ4v) is 3.51. The number of aromatic nitrogens is 6. The standard InChI is InChI=1S/C26H24N6O4/c1-3-34-25-27-21-10-7-11-22(36-26(33)35-4-2)23(21)32(25)16-17-12-14-18(15-13-17)19-8-5-6-9-20(19)24-28-30-31-29-24/h5-15H,3-4,16H2,1-2H3,(H,28,29,30,31)/i12D,13D,14D,15D,16D2. The number of carbonyl (C=O) groups excluding carboxylic acids is 1. The maximum Gasteiger partial charge on any atom is 0.513 e. The van der Waals surface area contributed by atoms with E-state index in [9.17, 15) is 7.54 Å². The fourth-order valence-electron chi connectivity index (χ4n) is 3.51. The summed E-state index contributed by atoms with van der Waals surface area (Å²) < 4.78 is 70.6. The molecule has 2 aromatic heterocycles. The summed E-state index contributed by atoms with van der Waals surface area (Å²) in [5.41, 5.74) is 0.243. The molecule has 0 aliphatic carbocycles. The van der Waals surface area contributed by atoms with Crippen LogP contribution in [-0.2, 0) is 11.2 Å². The summed E-state index contributed by atoms with van der Waals surface area (Å²) >= 11 is 0. The van der Waals surface area contributed by atoms with E-state index in [1.165, 1.54) is 6.07 Å². The largest absolute Gasteiger partial charge is 0.513 e.